The highest BCUT2D eigenvalue weighted by molar-refractivity contribution is 6.30. The maximum atomic E-state index is 12.3. The molecular formula is C14H17ClN2O2. The maximum absolute atomic E-state index is 12.3. The number of aromatic nitrogens is 2. The van der Waals surface area contributed by atoms with E-state index >= 15 is 0 Å². The fourth-order valence-electron chi connectivity index (χ4n) is 2.03. The van der Waals surface area contributed by atoms with E-state index < -0.39 is 0 Å². The van der Waals surface area contributed by atoms with Crippen molar-refractivity contribution in [3.63, 3.8) is 0 Å². The third-order valence-electron chi connectivity index (χ3n) is 3.06. The number of rotatable bonds is 4. The van der Waals surface area contributed by atoms with Crippen LogP contribution in [0.1, 0.15) is 30.9 Å². The molecule has 19 heavy (non-hydrogen) atoms. The molecule has 0 N–H and O–H groups in total. The van der Waals surface area contributed by atoms with E-state index in [2.05, 4.69) is 4.98 Å². The van der Waals surface area contributed by atoms with E-state index in [1.165, 1.54) is 4.40 Å². The lowest BCUT2D eigenvalue weighted by atomic mass is 10.1. The van der Waals surface area contributed by atoms with Crippen LogP contribution < -0.4 is 5.56 Å². The molecule has 2 rings (SSSR count). The van der Waals surface area contributed by atoms with Crippen molar-refractivity contribution in [3.05, 3.63) is 45.0 Å². The van der Waals surface area contributed by atoms with E-state index in [1.807, 2.05) is 26.0 Å². The largest absolute Gasteiger partial charge is 0.384 e. The Morgan fingerprint density at radius 2 is 2.21 bits per heavy atom. The van der Waals surface area contributed by atoms with Crippen LogP contribution in [-0.4, -0.2) is 23.1 Å². The van der Waals surface area contributed by atoms with E-state index in [4.69, 9.17) is 16.3 Å². The van der Waals surface area contributed by atoms with Crippen molar-refractivity contribution in [2.45, 2.75) is 26.2 Å². The Balaban J connectivity index is 2.57. The number of methoxy groups -OCH3 is 1. The zero-order chi connectivity index (χ0) is 14.0. The number of hydrogen-bond donors (Lipinski definition) is 0. The highest BCUT2D eigenvalue weighted by Gasteiger charge is 2.14. The van der Waals surface area contributed by atoms with Crippen molar-refractivity contribution in [1.29, 1.82) is 0 Å². The highest BCUT2D eigenvalue weighted by Crippen LogP contribution is 2.19. The molecule has 0 aliphatic rings. The predicted octanol–water partition coefficient (Wildman–Crippen LogP) is 2.66. The second-order valence-corrected chi connectivity index (χ2v) is 5.14. The van der Waals surface area contributed by atoms with Gasteiger partial charge in [0.25, 0.3) is 5.56 Å². The quantitative estimate of drug-likeness (QED) is 0.809. The third-order valence-corrected chi connectivity index (χ3v) is 3.34. The molecule has 2 aromatic rings. The smallest absolute Gasteiger partial charge is 0.262 e. The summed E-state index contributed by atoms with van der Waals surface area (Å²) in [6.45, 7) is 4.51. The molecule has 2 heterocycles. The first kappa shape index (κ1) is 14.0. The summed E-state index contributed by atoms with van der Waals surface area (Å²) in [6, 6.07) is 3.78. The van der Waals surface area contributed by atoms with Crippen LogP contribution >= 0.6 is 11.6 Å². The van der Waals surface area contributed by atoms with Gasteiger partial charge in [-0.05, 0) is 30.0 Å². The summed E-state index contributed by atoms with van der Waals surface area (Å²) in [4.78, 5) is 16.6. The average molecular weight is 281 g/mol. The van der Waals surface area contributed by atoms with Gasteiger partial charge in [-0.25, -0.2) is 4.98 Å². The van der Waals surface area contributed by atoms with Gasteiger partial charge < -0.3 is 4.74 Å². The Morgan fingerprint density at radius 3 is 2.84 bits per heavy atom. The van der Waals surface area contributed by atoms with Gasteiger partial charge in [0.1, 0.15) is 10.8 Å². The van der Waals surface area contributed by atoms with Crippen LogP contribution in [0.2, 0.25) is 5.15 Å². The highest BCUT2D eigenvalue weighted by atomic mass is 35.5. The van der Waals surface area contributed by atoms with Gasteiger partial charge in [-0.3, -0.25) is 9.20 Å². The van der Waals surface area contributed by atoms with Crippen LogP contribution in [0.5, 0.6) is 0 Å². The van der Waals surface area contributed by atoms with Crippen LogP contribution in [0, 0.1) is 0 Å². The van der Waals surface area contributed by atoms with Gasteiger partial charge in [-0.15, -0.1) is 0 Å². The Hall–Kier alpha value is -1.39. The van der Waals surface area contributed by atoms with Gasteiger partial charge in [0.05, 0.1) is 12.2 Å². The first-order valence-electron chi connectivity index (χ1n) is 6.24. The molecule has 0 bridgehead atoms. The fraction of sp³-hybridized carbons (Fsp3) is 0.429. The lowest BCUT2D eigenvalue weighted by Crippen LogP contribution is -2.21. The van der Waals surface area contributed by atoms with Gasteiger partial charge in [0, 0.05) is 13.3 Å². The van der Waals surface area contributed by atoms with E-state index in [1.54, 1.807) is 13.3 Å². The first-order chi connectivity index (χ1) is 9.04. The average Bonchev–Trinajstić information content (AvgIpc) is 2.35. The van der Waals surface area contributed by atoms with Crippen molar-refractivity contribution in [2.75, 3.05) is 13.7 Å². The summed E-state index contributed by atoms with van der Waals surface area (Å²) in [6.07, 6.45) is 2.53. The van der Waals surface area contributed by atoms with Gasteiger partial charge in [-0.1, -0.05) is 25.4 Å². The Bertz CT molecular complexity index is 650. The summed E-state index contributed by atoms with van der Waals surface area (Å²) >= 11 is 6.11. The summed E-state index contributed by atoms with van der Waals surface area (Å²) in [5.74, 6) is 0.0533. The first-order valence-corrected chi connectivity index (χ1v) is 6.62. The van der Waals surface area contributed by atoms with E-state index in [9.17, 15) is 4.79 Å². The molecule has 0 saturated heterocycles. The van der Waals surface area contributed by atoms with Crippen LogP contribution in [-0.2, 0) is 11.2 Å². The van der Waals surface area contributed by atoms with Gasteiger partial charge >= 0.3 is 0 Å². The Kier molecular flexibility index (Phi) is 4.22. The van der Waals surface area contributed by atoms with Crippen LogP contribution in [0.4, 0.5) is 0 Å². The van der Waals surface area contributed by atoms with Crippen LogP contribution in [0.15, 0.2) is 23.1 Å². The lowest BCUT2D eigenvalue weighted by molar-refractivity contribution is 0.202. The molecular weight excluding hydrogens is 264 g/mol. The van der Waals surface area contributed by atoms with Gasteiger partial charge in [-0.2, -0.15) is 0 Å². The second kappa shape index (κ2) is 5.72. The van der Waals surface area contributed by atoms with Gasteiger partial charge in [0.2, 0.25) is 0 Å². The third kappa shape index (κ3) is 2.80. The molecule has 0 radical (unpaired) electrons. The van der Waals surface area contributed by atoms with Crippen molar-refractivity contribution in [1.82, 2.24) is 9.38 Å². The van der Waals surface area contributed by atoms with E-state index in [0.29, 0.717) is 23.0 Å². The molecule has 0 amide bonds. The zero-order valence-corrected chi connectivity index (χ0v) is 12.1. The normalized spacial score (nSPS) is 11.4. The molecule has 0 aliphatic carbocycles. The minimum atomic E-state index is -0.0942. The molecule has 4 nitrogen and oxygen atoms in total. The molecule has 0 aliphatic heterocycles. The minimum absolute atomic E-state index is 0.0533. The van der Waals surface area contributed by atoms with Crippen molar-refractivity contribution < 1.29 is 4.74 Å². The molecule has 0 aromatic carbocycles. The topological polar surface area (TPSA) is 43.6 Å². The van der Waals surface area contributed by atoms with E-state index in [-0.39, 0.29) is 11.5 Å². The van der Waals surface area contributed by atoms with Gasteiger partial charge in [0.15, 0.2) is 0 Å². The second-order valence-electron chi connectivity index (χ2n) is 4.78. The van der Waals surface area contributed by atoms with Crippen molar-refractivity contribution in [2.24, 2.45) is 0 Å². The number of hydrogen-bond acceptors (Lipinski definition) is 3. The summed E-state index contributed by atoms with van der Waals surface area (Å²) < 4.78 is 6.58. The molecule has 0 saturated carbocycles. The molecule has 0 fully saturated rings. The molecule has 0 unspecified atom stereocenters. The van der Waals surface area contributed by atoms with Crippen molar-refractivity contribution in [3.8, 4) is 0 Å². The number of halogens is 1. The molecule has 0 atom stereocenters. The molecule has 102 valence electrons. The zero-order valence-electron chi connectivity index (χ0n) is 11.3. The molecule has 2 aromatic heterocycles. The predicted molar refractivity (Wildman–Crippen MR) is 76.1 cm³/mol. The monoisotopic (exact) mass is 280 g/mol. The van der Waals surface area contributed by atoms with Crippen LogP contribution in [0.3, 0.4) is 0 Å². The summed E-state index contributed by atoms with van der Waals surface area (Å²) in [5, 5.41) is 0.295. The molecule has 5 heteroatoms. The SMILES string of the molecule is COCCc1ccn2c(=O)c(C(C)C)c(Cl)nc2c1. The molecule has 0 spiro atoms. The Labute approximate surface area is 117 Å². The summed E-state index contributed by atoms with van der Waals surface area (Å²) in [5.41, 5.74) is 2.11. The number of ether oxygens (including phenoxy) is 1. The van der Waals surface area contributed by atoms with Crippen LogP contribution in [0.25, 0.3) is 5.65 Å². The summed E-state index contributed by atoms with van der Waals surface area (Å²) in [7, 11) is 1.66. The van der Waals surface area contributed by atoms with Crippen molar-refractivity contribution >= 4 is 17.2 Å². The Morgan fingerprint density at radius 1 is 1.47 bits per heavy atom. The number of fused-ring (bicyclic) bond motifs is 1. The minimum Gasteiger partial charge on any atom is -0.384 e. The number of nitrogens with zero attached hydrogens (tertiary/aromatic N) is 2. The maximum Gasteiger partial charge on any atom is 0.262 e. The lowest BCUT2D eigenvalue weighted by Gasteiger charge is -2.10. The fourth-order valence-corrected chi connectivity index (χ4v) is 2.41. The van der Waals surface area contributed by atoms with E-state index in [0.717, 1.165) is 12.0 Å². The number of pyridine rings is 1. The standard InChI is InChI=1S/C14H17ClN2O2/c1-9(2)12-13(15)16-11-8-10(5-7-19-3)4-6-17(11)14(12)18/h4,6,8-9H,5,7H2,1-3H3.